The summed E-state index contributed by atoms with van der Waals surface area (Å²) in [6, 6.07) is 7.24. The summed E-state index contributed by atoms with van der Waals surface area (Å²) >= 11 is 0. The summed E-state index contributed by atoms with van der Waals surface area (Å²) in [5.41, 5.74) is 1.45. The molecule has 0 heterocycles. The van der Waals surface area contributed by atoms with Crippen molar-refractivity contribution in [2.45, 2.75) is 20.0 Å². The molecule has 5 nitrogen and oxygen atoms in total. The van der Waals surface area contributed by atoms with Gasteiger partial charge in [-0.2, -0.15) is 0 Å². The number of amides is 1. The van der Waals surface area contributed by atoms with Crippen LogP contribution in [0.5, 0.6) is 0 Å². The van der Waals surface area contributed by atoms with Gasteiger partial charge in [-0.1, -0.05) is 6.07 Å². The zero-order valence-corrected chi connectivity index (χ0v) is 11.5. The van der Waals surface area contributed by atoms with Crippen molar-refractivity contribution in [3.8, 4) is 0 Å². The lowest BCUT2D eigenvalue weighted by Gasteiger charge is -2.10. The maximum Gasteiger partial charge on any atom is 0.251 e. The first-order valence-electron chi connectivity index (χ1n) is 6.48. The number of carbonyl (C=O) groups excluding carboxylic acids is 1. The lowest BCUT2D eigenvalue weighted by molar-refractivity contribution is 0.0870. The van der Waals surface area contributed by atoms with Gasteiger partial charge in [0.25, 0.3) is 5.91 Å². The first-order valence-corrected chi connectivity index (χ1v) is 6.48. The Labute approximate surface area is 114 Å². The number of carbonyl (C=O) groups is 1. The molecule has 0 fully saturated rings. The Morgan fingerprint density at radius 2 is 2.16 bits per heavy atom. The molecule has 0 spiro atoms. The van der Waals surface area contributed by atoms with Crippen LogP contribution in [-0.2, 0) is 4.74 Å². The Morgan fingerprint density at radius 3 is 2.84 bits per heavy atom. The van der Waals surface area contributed by atoms with Gasteiger partial charge in [0.15, 0.2) is 0 Å². The van der Waals surface area contributed by atoms with Crippen molar-refractivity contribution in [1.82, 2.24) is 5.32 Å². The molecule has 0 saturated carbocycles. The van der Waals surface area contributed by atoms with Gasteiger partial charge in [0.1, 0.15) is 0 Å². The van der Waals surface area contributed by atoms with Crippen LogP contribution in [0.2, 0.25) is 0 Å². The van der Waals surface area contributed by atoms with Gasteiger partial charge in [-0.25, -0.2) is 0 Å². The molecular weight excluding hydrogens is 244 g/mol. The van der Waals surface area contributed by atoms with E-state index in [1.807, 2.05) is 26.0 Å². The average molecular weight is 266 g/mol. The minimum absolute atomic E-state index is 0.0593. The number of ether oxygens (including phenoxy) is 1. The highest BCUT2D eigenvalue weighted by molar-refractivity contribution is 5.95. The second kappa shape index (κ2) is 8.50. The normalized spacial score (nSPS) is 10.5. The van der Waals surface area contributed by atoms with Crippen LogP contribution >= 0.6 is 0 Å². The van der Waals surface area contributed by atoms with Crippen LogP contribution in [0.25, 0.3) is 0 Å². The second-order valence-corrected chi connectivity index (χ2v) is 4.41. The van der Waals surface area contributed by atoms with E-state index in [2.05, 4.69) is 10.6 Å². The first-order chi connectivity index (χ1) is 9.13. The zero-order valence-electron chi connectivity index (χ0n) is 11.5. The van der Waals surface area contributed by atoms with E-state index in [1.165, 1.54) is 0 Å². The van der Waals surface area contributed by atoms with Crippen molar-refractivity contribution in [1.29, 1.82) is 0 Å². The lowest BCUT2D eigenvalue weighted by atomic mass is 10.2. The van der Waals surface area contributed by atoms with Crippen LogP contribution in [0.4, 0.5) is 5.69 Å². The summed E-state index contributed by atoms with van der Waals surface area (Å²) in [6.45, 7) is 5.51. The number of hydrogen-bond acceptors (Lipinski definition) is 4. The SMILES string of the molecule is CC(C)OCCNc1cccc(C(=O)NCCO)c1. The van der Waals surface area contributed by atoms with E-state index in [9.17, 15) is 4.79 Å². The molecule has 19 heavy (non-hydrogen) atoms. The van der Waals surface area contributed by atoms with Gasteiger partial charge in [0.2, 0.25) is 0 Å². The summed E-state index contributed by atoms with van der Waals surface area (Å²) in [6.07, 6.45) is 0.220. The largest absolute Gasteiger partial charge is 0.395 e. The van der Waals surface area contributed by atoms with Crippen molar-refractivity contribution < 1.29 is 14.6 Å². The molecule has 0 bridgehead atoms. The summed E-state index contributed by atoms with van der Waals surface area (Å²) < 4.78 is 5.42. The standard InChI is InChI=1S/C14H22N2O3/c1-11(2)19-9-7-15-13-5-3-4-12(10-13)14(18)16-6-8-17/h3-5,10-11,15,17H,6-9H2,1-2H3,(H,16,18). The highest BCUT2D eigenvalue weighted by Gasteiger charge is 2.05. The van der Waals surface area contributed by atoms with E-state index < -0.39 is 0 Å². The molecule has 1 rings (SSSR count). The van der Waals surface area contributed by atoms with Crippen LogP contribution in [0.15, 0.2) is 24.3 Å². The quantitative estimate of drug-likeness (QED) is 0.619. The summed E-state index contributed by atoms with van der Waals surface area (Å²) in [5.74, 6) is -0.184. The third-order valence-corrected chi connectivity index (χ3v) is 2.40. The van der Waals surface area contributed by atoms with Gasteiger partial charge in [0.05, 0.1) is 19.3 Å². The summed E-state index contributed by atoms with van der Waals surface area (Å²) in [7, 11) is 0. The minimum Gasteiger partial charge on any atom is -0.395 e. The molecule has 0 aliphatic heterocycles. The number of benzene rings is 1. The molecule has 3 N–H and O–H groups in total. The van der Waals surface area contributed by atoms with Gasteiger partial charge < -0.3 is 20.5 Å². The fourth-order valence-electron chi connectivity index (χ4n) is 1.53. The first kappa shape index (κ1) is 15.5. The van der Waals surface area contributed by atoms with E-state index in [4.69, 9.17) is 9.84 Å². The maximum absolute atomic E-state index is 11.7. The molecule has 0 unspecified atom stereocenters. The number of rotatable bonds is 8. The van der Waals surface area contributed by atoms with Crippen molar-refractivity contribution >= 4 is 11.6 Å². The molecule has 0 atom stereocenters. The van der Waals surface area contributed by atoms with Gasteiger partial charge in [0, 0.05) is 24.3 Å². The van der Waals surface area contributed by atoms with E-state index in [1.54, 1.807) is 12.1 Å². The van der Waals surface area contributed by atoms with Crippen LogP contribution in [0, 0.1) is 0 Å². The Hall–Kier alpha value is -1.59. The van der Waals surface area contributed by atoms with Crippen molar-refractivity contribution in [3.05, 3.63) is 29.8 Å². The summed E-state index contributed by atoms with van der Waals surface area (Å²) in [5, 5.41) is 14.5. The molecule has 106 valence electrons. The Morgan fingerprint density at radius 1 is 1.37 bits per heavy atom. The van der Waals surface area contributed by atoms with Crippen molar-refractivity contribution in [2.75, 3.05) is 31.6 Å². The van der Waals surface area contributed by atoms with Crippen LogP contribution in [0.3, 0.4) is 0 Å². The molecular formula is C14H22N2O3. The Balaban J connectivity index is 2.45. The monoisotopic (exact) mass is 266 g/mol. The van der Waals surface area contributed by atoms with Crippen LogP contribution in [0.1, 0.15) is 24.2 Å². The third-order valence-electron chi connectivity index (χ3n) is 2.40. The number of aliphatic hydroxyl groups excluding tert-OH is 1. The van der Waals surface area contributed by atoms with Gasteiger partial charge in [-0.05, 0) is 32.0 Å². The maximum atomic E-state index is 11.7. The third kappa shape index (κ3) is 6.22. The number of hydrogen-bond donors (Lipinski definition) is 3. The molecule has 5 heteroatoms. The minimum atomic E-state index is -0.184. The van der Waals surface area contributed by atoms with Crippen LogP contribution < -0.4 is 10.6 Å². The van der Waals surface area contributed by atoms with Gasteiger partial charge in [-0.3, -0.25) is 4.79 Å². The highest BCUT2D eigenvalue weighted by atomic mass is 16.5. The number of anilines is 1. The molecule has 1 aromatic rings. The van der Waals surface area contributed by atoms with E-state index >= 15 is 0 Å². The Bertz CT molecular complexity index is 394. The molecule has 0 aliphatic carbocycles. The lowest BCUT2D eigenvalue weighted by Crippen LogP contribution is -2.26. The molecule has 0 saturated heterocycles. The Kier molecular flexibility index (Phi) is 6.92. The van der Waals surface area contributed by atoms with Crippen molar-refractivity contribution in [3.63, 3.8) is 0 Å². The second-order valence-electron chi connectivity index (χ2n) is 4.41. The number of aliphatic hydroxyl groups is 1. The molecule has 1 aromatic carbocycles. The molecule has 0 aliphatic rings. The predicted octanol–water partition coefficient (Wildman–Crippen LogP) is 1.25. The number of nitrogens with one attached hydrogen (secondary N) is 2. The zero-order chi connectivity index (χ0) is 14.1. The average Bonchev–Trinajstić information content (AvgIpc) is 2.41. The van der Waals surface area contributed by atoms with Gasteiger partial charge in [-0.15, -0.1) is 0 Å². The summed E-state index contributed by atoms with van der Waals surface area (Å²) in [4.78, 5) is 11.7. The molecule has 1 amide bonds. The van der Waals surface area contributed by atoms with Gasteiger partial charge >= 0.3 is 0 Å². The molecule has 0 radical (unpaired) electrons. The smallest absolute Gasteiger partial charge is 0.251 e. The molecule has 0 aromatic heterocycles. The fraction of sp³-hybridized carbons (Fsp3) is 0.500. The van der Waals surface area contributed by atoms with Crippen molar-refractivity contribution in [2.24, 2.45) is 0 Å². The van der Waals surface area contributed by atoms with Crippen LogP contribution in [-0.4, -0.2) is 43.4 Å². The van der Waals surface area contributed by atoms with E-state index in [0.29, 0.717) is 18.7 Å². The predicted molar refractivity (Wildman–Crippen MR) is 75.4 cm³/mol. The topological polar surface area (TPSA) is 70.6 Å². The van der Waals surface area contributed by atoms with E-state index in [0.717, 1.165) is 5.69 Å². The highest BCUT2D eigenvalue weighted by Crippen LogP contribution is 2.10. The van der Waals surface area contributed by atoms with E-state index in [-0.39, 0.29) is 25.2 Å². The fourth-order valence-corrected chi connectivity index (χ4v) is 1.53.